The molecule has 1 unspecified atom stereocenters. The third-order valence-electron chi connectivity index (χ3n) is 4.61. The molecule has 1 saturated carbocycles. The first kappa shape index (κ1) is 21.0. The van der Waals surface area contributed by atoms with Crippen LogP contribution in [0.4, 0.5) is 5.69 Å². The van der Waals surface area contributed by atoms with Crippen molar-refractivity contribution in [3.05, 3.63) is 59.7 Å². The van der Waals surface area contributed by atoms with E-state index in [0.717, 1.165) is 18.4 Å². The Kier molecular flexibility index (Phi) is 6.34. The van der Waals surface area contributed by atoms with E-state index in [1.54, 1.807) is 38.1 Å². The van der Waals surface area contributed by atoms with Gasteiger partial charge in [-0.3, -0.25) is 4.79 Å². The average Bonchev–Trinajstić information content (AvgIpc) is 3.54. The van der Waals surface area contributed by atoms with Crippen molar-refractivity contribution in [3.8, 4) is 0 Å². The number of benzene rings is 2. The summed E-state index contributed by atoms with van der Waals surface area (Å²) in [6.45, 7) is 3.62. The summed E-state index contributed by atoms with van der Waals surface area (Å²) < 4.78 is 33.0. The van der Waals surface area contributed by atoms with E-state index < -0.39 is 22.0 Å². The molecule has 29 heavy (non-hydrogen) atoms. The highest BCUT2D eigenvalue weighted by atomic mass is 32.2. The Morgan fingerprint density at radius 1 is 1.14 bits per heavy atom. The Balaban J connectivity index is 1.68. The van der Waals surface area contributed by atoms with E-state index in [1.807, 2.05) is 0 Å². The van der Waals surface area contributed by atoms with Crippen molar-refractivity contribution in [2.75, 3.05) is 11.9 Å². The van der Waals surface area contributed by atoms with Crippen molar-refractivity contribution in [2.24, 2.45) is 5.92 Å². The molecule has 0 radical (unpaired) electrons. The molecule has 7 nitrogen and oxygen atoms in total. The maximum absolute atomic E-state index is 12.7. The first-order chi connectivity index (χ1) is 13.8. The highest BCUT2D eigenvalue weighted by molar-refractivity contribution is 7.89. The zero-order chi connectivity index (χ0) is 21.0. The second kappa shape index (κ2) is 8.75. The van der Waals surface area contributed by atoms with Gasteiger partial charge in [0, 0.05) is 17.6 Å². The van der Waals surface area contributed by atoms with Crippen molar-refractivity contribution in [2.45, 2.75) is 37.6 Å². The molecule has 2 N–H and O–H groups in total. The number of anilines is 1. The molecular formula is C21H24N2O5S. The Hall–Kier alpha value is -2.71. The molecule has 1 atom stereocenters. The molecule has 2 aromatic rings. The van der Waals surface area contributed by atoms with Crippen LogP contribution < -0.4 is 10.0 Å². The topological polar surface area (TPSA) is 102 Å². The first-order valence-corrected chi connectivity index (χ1v) is 11.0. The second-order valence-electron chi connectivity index (χ2n) is 6.98. The third kappa shape index (κ3) is 5.42. The zero-order valence-corrected chi connectivity index (χ0v) is 17.2. The molecule has 0 bridgehead atoms. The Labute approximate surface area is 170 Å². The Morgan fingerprint density at radius 2 is 1.83 bits per heavy atom. The van der Waals surface area contributed by atoms with E-state index in [0.29, 0.717) is 5.69 Å². The summed E-state index contributed by atoms with van der Waals surface area (Å²) in [5.74, 6) is -0.430. The van der Waals surface area contributed by atoms with Crippen LogP contribution in [0.25, 0.3) is 0 Å². The summed E-state index contributed by atoms with van der Waals surface area (Å²) in [7, 11) is -3.84. The van der Waals surface area contributed by atoms with Gasteiger partial charge in [-0.2, -0.15) is 0 Å². The molecule has 0 aromatic heterocycles. The smallest absolute Gasteiger partial charge is 0.338 e. The minimum atomic E-state index is -3.84. The van der Waals surface area contributed by atoms with Crippen molar-refractivity contribution in [3.63, 3.8) is 0 Å². The van der Waals surface area contributed by atoms with E-state index >= 15 is 0 Å². The van der Waals surface area contributed by atoms with E-state index in [1.165, 1.54) is 24.3 Å². The normalized spacial score (nSPS) is 14.8. The van der Waals surface area contributed by atoms with Gasteiger partial charge in [0.2, 0.25) is 15.9 Å². The summed E-state index contributed by atoms with van der Waals surface area (Å²) in [4.78, 5) is 23.7. The minimum absolute atomic E-state index is 0.0109. The molecule has 1 aliphatic carbocycles. The number of esters is 1. The number of hydrogen-bond acceptors (Lipinski definition) is 5. The number of hydrogen-bond donors (Lipinski definition) is 2. The van der Waals surface area contributed by atoms with Crippen molar-refractivity contribution in [1.82, 2.24) is 4.72 Å². The van der Waals surface area contributed by atoms with Gasteiger partial charge in [-0.25, -0.2) is 17.9 Å². The number of carbonyl (C=O) groups excluding carboxylic acids is 2. The molecule has 3 rings (SSSR count). The highest BCUT2D eigenvalue weighted by Gasteiger charge is 2.29. The average molecular weight is 416 g/mol. The second-order valence-corrected chi connectivity index (χ2v) is 8.69. The zero-order valence-electron chi connectivity index (χ0n) is 16.3. The molecule has 0 spiro atoms. The van der Waals surface area contributed by atoms with Gasteiger partial charge in [-0.15, -0.1) is 0 Å². The number of carbonyl (C=O) groups is 2. The van der Waals surface area contributed by atoms with Crippen LogP contribution in [0.15, 0.2) is 53.4 Å². The minimum Gasteiger partial charge on any atom is -0.462 e. The van der Waals surface area contributed by atoms with E-state index in [9.17, 15) is 18.0 Å². The Bertz CT molecular complexity index is 998. The largest absolute Gasteiger partial charge is 0.462 e. The summed E-state index contributed by atoms with van der Waals surface area (Å²) >= 11 is 0. The van der Waals surface area contributed by atoms with Crippen LogP contribution in [0.1, 0.15) is 48.7 Å². The van der Waals surface area contributed by atoms with Crippen molar-refractivity contribution >= 4 is 27.6 Å². The number of ether oxygens (including phenoxy) is 1. The molecular weight excluding hydrogens is 392 g/mol. The van der Waals surface area contributed by atoms with Gasteiger partial charge in [-0.1, -0.05) is 18.2 Å². The van der Waals surface area contributed by atoms with Crippen molar-refractivity contribution < 1.29 is 22.7 Å². The lowest BCUT2D eigenvalue weighted by Gasteiger charge is -2.16. The standard InChI is InChI=1S/C21H24N2O5S/c1-3-28-21(25)17-5-4-6-19(13-17)29(26,27)23-14(2)15-9-11-18(12-10-15)22-20(24)16-7-8-16/h4-6,9-14,16,23H,3,7-8H2,1-2H3,(H,22,24). The summed E-state index contributed by atoms with van der Waals surface area (Å²) in [6, 6.07) is 12.3. The monoisotopic (exact) mass is 416 g/mol. The van der Waals surface area contributed by atoms with Gasteiger partial charge in [0.25, 0.3) is 0 Å². The van der Waals surface area contributed by atoms with Gasteiger partial charge >= 0.3 is 5.97 Å². The summed E-state index contributed by atoms with van der Waals surface area (Å²) in [5, 5.41) is 2.85. The lowest BCUT2D eigenvalue weighted by Crippen LogP contribution is -2.27. The number of amides is 1. The quantitative estimate of drug-likeness (QED) is 0.643. The molecule has 0 aliphatic heterocycles. The third-order valence-corrected chi connectivity index (χ3v) is 6.15. The molecule has 1 amide bonds. The first-order valence-electron chi connectivity index (χ1n) is 9.50. The fourth-order valence-electron chi connectivity index (χ4n) is 2.82. The van der Waals surface area contributed by atoms with Crippen molar-refractivity contribution in [1.29, 1.82) is 0 Å². The molecule has 0 heterocycles. The molecule has 154 valence electrons. The van der Waals surface area contributed by atoms with E-state index in [4.69, 9.17) is 4.74 Å². The maximum Gasteiger partial charge on any atom is 0.338 e. The van der Waals surface area contributed by atoms with Crippen LogP contribution in [0.5, 0.6) is 0 Å². The van der Waals surface area contributed by atoms with Crippen LogP contribution in [0.2, 0.25) is 0 Å². The van der Waals surface area contributed by atoms with Crippen LogP contribution in [-0.2, 0) is 19.6 Å². The van der Waals surface area contributed by atoms with E-state index in [2.05, 4.69) is 10.0 Å². The van der Waals surface area contributed by atoms with Gasteiger partial charge in [0.1, 0.15) is 0 Å². The number of sulfonamides is 1. The fourth-order valence-corrected chi connectivity index (χ4v) is 4.10. The fraction of sp³-hybridized carbons (Fsp3) is 0.333. The maximum atomic E-state index is 12.7. The SMILES string of the molecule is CCOC(=O)c1cccc(S(=O)(=O)NC(C)c2ccc(NC(=O)C3CC3)cc2)c1. The van der Waals surface area contributed by atoms with Gasteiger partial charge in [0.15, 0.2) is 0 Å². The van der Waals surface area contributed by atoms with Gasteiger partial charge in [-0.05, 0) is 62.6 Å². The lowest BCUT2D eigenvalue weighted by molar-refractivity contribution is -0.117. The van der Waals surface area contributed by atoms with Gasteiger partial charge < -0.3 is 10.1 Å². The van der Waals surface area contributed by atoms with E-state index in [-0.39, 0.29) is 28.9 Å². The molecule has 1 fully saturated rings. The molecule has 8 heteroatoms. The van der Waals surface area contributed by atoms with Crippen LogP contribution >= 0.6 is 0 Å². The van der Waals surface area contributed by atoms with Gasteiger partial charge in [0.05, 0.1) is 17.1 Å². The van der Waals surface area contributed by atoms with Crippen LogP contribution in [0.3, 0.4) is 0 Å². The predicted octanol–water partition coefficient (Wildman–Crippen LogP) is 3.25. The number of rotatable bonds is 8. The summed E-state index contributed by atoms with van der Waals surface area (Å²) in [5.41, 5.74) is 1.61. The summed E-state index contributed by atoms with van der Waals surface area (Å²) in [6.07, 6.45) is 1.86. The number of nitrogens with one attached hydrogen (secondary N) is 2. The lowest BCUT2D eigenvalue weighted by atomic mass is 10.1. The molecule has 2 aromatic carbocycles. The molecule has 1 aliphatic rings. The molecule has 0 saturated heterocycles. The van der Waals surface area contributed by atoms with Crippen LogP contribution in [0, 0.1) is 5.92 Å². The predicted molar refractivity (Wildman–Crippen MR) is 109 cm³/mol. The van der Waals surface area contributed by atoms with Crippen LogP contribution in [-0.4, -0.2) is 26.9 Å². The highest BCUT2D eigenvalue weighted by Crippen LogP contribution is 2.30. The Morgan fingerprint density at radius 3 is 2.45 bits per heavy atom.